The van der Waals surface area contributed by atoms with Crippen molar-refractivity contribution in [2.24, 2.45) is 0 Å². The van der Waals surface area contributed by atoms with Crippen molar-refractivity contribution >= 4 is 21.6 Å². The molecule has 1 heterocycles. The number of nitrogens with one attached hydrogen (secondary N) is 1. The molecule has 0 aliphatic carbocycles. The van der Waals surface area contributed by atoms with E-state index in [1.54, 1.807) is 6.92 Å². The molecule has 0 radical (unpaired) electrons. The van der Waals surface area contributed by atoms with Crippen LogP contribution >= 0.6 is 11.6 Å². The summed E-state index contributed by atoms with van der Waals surface area (Å²) in [6, 6.07) is 3.71. The number of hydrogen-bond donors (Lipinski definition) is 1. The smallest absolute Gasteiger partial charge is 0.241 e. The van der Waals surface area contributed by atoms with E-state index < -0.39 is 21.4 Å². The molecule has 0 unspecified atom stereocenters. The molecule has 112 valence electrons. The van der Waals surface area contributed by atoms with Gasteiger partial charge in [-0.1, -0.05) is 6.07 Å². The minimum absolute atomic E-state index is 0.0477. The number of sulfonamides is 1. The second-order valence-corrected chi connectivity index (χ2v) is 6.96. The van der Waals surface area contributed by atoms with Crippen LogP contribution in [0.2, 0.25) is 0 Å². The molecular formula is C13H17ClFNO3S. The first-order valence-electron chi connectivity index (χ1n) is 6.32. The molecule has 20 heavy (non-hydrogen) atoms. The molecular weight excluding hydrogens is 305 g/mol. The molecule has 1 fully saturated rings. The fourth-order valence-corrected chi connectivity index (χ4v) is 4.36. The number of alkyl halides is 1. The Kier molecular flexibility index (Phi) is 4.69. The second-order valence-electron chi connectivity index (χ2n) is 5.04. The summed E-state index contributed by atoms with van der Waals surface area (Å²) in [5.74, 6) is -0.424. The van der Waals surface area contributed by atoms with E-state index in [-0.39, 0.29) is 10.8 Å². The summed E-state index contributed by atoms with van der Waals surface area (Å²) >= 11 is 5.95. The van der Waals surface area contributed by atoms with Gasteiger partial charge in [0, 0.05) is 19.1 Å². The average Bonchev–Trinajstić information content (AvgIpc) is 2.42. The summed E-state index contributed by atoms with van der Waals surface area (Å²) in [6.45, 7) is 2.54. The van der Waals surface area contributed by atoms with Gasteiger partial charge >= 0.3 is 0 Å². The van der Waals surface area contributed by atoms with Crippen molar-refractivity contribution in [2.45, 2.75) is 30.2 Å². The van der Waals surface area contributed by atoms with Crippen molar-refractivity contribution in [3.63, 3.8) is 0 Å². The second kappa shape index (κ2) is 5.97. The molecule has 1 N–H and O–H groups in total. The lowest BCUT2D eigenvalue weighted by Crippen LogP contribution is -2.53. The van der Waals surface area contributed by atoms with Crippen LogP contribution in [0.4, 0.5) is 4.39 Å². The van der Waals surface area contributed by atoms with Crippen molar-refractivity contribution in [2.75, 3.05) is 19.1 Å². The first-order chi connectivity index (χ1) is 9.38. The van der Waals surface area contributed by atoms with Gasteiger partial charge in [0.25, 0.3) is 0 Å². The van der Waals surface area contributed by atoms with Gasteiger partial charge in [0.15, 0.2) is 0 Å². The van der Waals surface area contributed by atoms with Gasteiger partial charge in [-0.15, -0.1) is 11.6 Å². The van der Waals surface area contributed by atoms with Crippen LogP contribution in [-0.2, 0) is 14.8 Å². The zero-order valence-electron chi connectivity index (χ0n) is 11.2. The van der Waals surface area contributed by atoms with Crippen molar-refractivity contribution in [3.05, 3.63) is 29.6 Å². The quantitative estimate of drug-likeness (QED) is 0.865. The van der Waals surface area contributed by atoms with Gasteiger partial charge in [0.05, 0.1) is 10.4 Å². The van der Waals surface area contributed by atoms with E-state index in [0.717, 1.165) is 6.07 Å². The van der Waals surface area contributed by atoms with E-state index in [9.17, 15) is 12.8 Å². The Labute approximate surface area is 123 Å². The third kappa shape index (κ3) is 3.31. The van der Waals surface area contributed by atoms with Crippen molar-refractivity contribution in [1.82, 2.24) is 4.72 Å². The summed E-state index contributed by atoms with van der Waals surface area (Å²) in [4.78, 5) is -0.0477. The lowest BCUT2D eigenvalue weighted by molar-refractivity contribution is 0.0549. The molecule has 7 heteroatoms. The highest BCUT2D eigenvalue weighted by atomic mass is 35.5. The van der Waals surface area contributed by atoms with Gasteiger partial charge in [0.1, 0.15) is 5.82 Å². The summed E-state index contributed by atoms with van der Waals surface area (Å²) in [5.41, 5.74) is -0.229. The lowest BCUT2D eigenvalue weighted by atomic mass is 9.94. The molecule has 0 amide bonds. The zero-order chi connectivity index (χ0) is 14.8. The minimum Gasteiger partial charge on any atom is -0.381 e. The van der Waals surface area contributed by atoms with Gasteiger partial charge < -0.3 is 4.74 Å². The molecule has 1 aliphatic rings. The predicted molar refractivity (Wildman–Crippen MR) is 75.0 cm³/mol. The fraction of sp³-hybridized carbons (Fsp3) is 0.538. The Morgan fingerprint density at radius 3 is 2.65 bits per heavy atom. The Hall–Kier alpha value is -0.690. The molecule has 0 saturated carbocycles. The summed E-state index contributed by atoms with van der Waals surface area (Å²) in [5, 5.41) is 0. The van der Waals surface area contributed by atoms with E-state index in [4.69, 9.17) is 16.3 Å². The van der Waals surface area contributed by atoms with E-state index in [1.165, 1.54) is 12.1 Å². The third-order valence-corrected chi connectivity index (χ3v) is 5.73. The molecule has 1 aliphatic heterocycles. The van der Waals surface area contributed by atoms with Crippen LogP contribution in [0, 0.1) is 12.7 Å². The number of benzene rings is 1. The van der Waals surface area contributed by atoms with Crippen LogP contribution in [0.25, 0.3) is 0 Å². The van der Waals surface area contributed by atoms with Crippen molar-refractivity contribution in [1.29, 1.82) is 0 Å². The Balaban J connectivity index is 2.32. The standard InChI is InChI=1S/C13H17ClFNO3S/c1-10-2-3-11(15)8-12(10)20(17,18)16-13(9-14)4-6-19-7-5-13/h2-3,8,16H,4-7,9H2,1H3. The van der Waals surface area contributed by atoms with Crippen LogP contribution < -0.4 is 4.72 Å². The molecule has 0 atom stereocenters. The molecule has 4 nitrogen and oxygen atoms in total. The highest BCUT2D eigenvalue weighted by Gasteiger charge is 2.36. The highest BCUT2D eigenvalue weighted by molar-refractivity contribution is 7.89. The van der Waals surface area contributed by atoms with Gasteiger partial charge in [-0.05, 0) is 37.5 Å². The predicted octanol–water partition coefficient (Wildman–Crippen LogP) is 2.20. The maximum Gasteiger partial charge on any atom is 0.241 e. The van der Waals surface area contributed by atoms with Crippen LogP contribution in [-0.4, -0.2) is 33.1 Å². The van der Waals surface area contributed by atoms with E-state index in [1.807, 2.05) is 0 Å². The number of aryl methyl sites for hydroxylation is 1. The first-order valence-corrected chi connectivity index (χ1v) is 8.34. The van der Waals surface area contributed by atoms with Crippen LogP contribution in [0.1, 0.15) is 18.4 Å². The number of ether oxygens (including phenoxy) is 1. The minimum atomic E-state index is -3.81. The van der Waals surface area contributed by atoms with Crippen molar-refractivity contribution in [3.8, 4) is 0 Å². The number of halogens is 2. The number of hydrogen-bond acceptors (Lipinski definition) is 3. The Morgan fingerprint density at radius 2 is 2.05 bits per heavy atom. The molecule has 1 aromatic rings. The Morgan fingerprint density at radius 1 is 1.40 bits per heavy atom. The summed E-state index contributed by atoms with van der Waals surface area (Å²) in [7, 11) is -3.81. The fourth-order valence-electron chi connectivity index (χ4n) is 2.23. The number of rotatable bonds is 4. The summed E-state index contributed by atoms with van der Waals surface area (Å²) < 4.78 is 46.1. The van der Waals surface area contributed by atoms with Gasteiger partial charge in [-0.2, -0.15) is 0 Å². The van der Waals surface area contributed by atoms with E-state index in [0.29, 0.717) is 31.6 Å². The highest BCUT2D eigenvalue weighted by Crippen LogP contribution is 2.26. The zero-order valence-corrected chi connectivity index (χ0v) is 12.7. The maximum atomic E-state index is 13.3. The SMILES string of the molecule is Cc1ccc(F)cc1S(=O)(=O)NC1(CCl)CCOCC1. The van der Waals surface area contributed by atoms with Gasteiger partial charge in [-0.3, -0.25) is 0 Å². The van der Waals surface area contributed by atoms with Crippen LogP contribution in [0.3, 0.4) is 0 Å². The first kappa shape index (κ1) is 15.7. The molecule has 2 rings (SSSR count). The van der Waals surface area contributed by atoms with Gasteiger partial charge in [0.2, 0.25) is 10.0 Å². The molecule has 1 aromatic carbocycles. The monoisotopic (exact) mass is 321 g/mol. The molecule has 1 saturated heterocycles. The lowest BCUT2D eigenvalue weighted by Gasteiger charge is -2.36. The Bertz CT molecular complexity index is 585. The van der Waals surface area contributed by atoms with Gasteiger partial charge in [-0.25, -0.2) is 17.5 Å². The molecule has 0 aromatic heterocycles. The van der Waals surface area contributed by atoms with Crippen molar-refractivity contribution < 1.29 is 17.5 Å². The maximum absolute atomic E-state index is 13.3. The topological polar surface area (TPSA) is 55.4 Å². The van der Waals surface area contributed by atoms with Crippen LogP contribution in [0.5, 0.6) is 0 Å². The molecule has 0 bridgehead atoms. The van der Waals surface area contributed by atoms with E-state index in [2.05, 4.69) is 4.72 Å². The third-order valence-electron chi connectivity index (χ3n) is 3.50. The summed E-state index contributed by atoms with van der Waals surface area (Å²) in [6.07, 6.45) is 1.01. The largest absolute Gasteiger partial charge is 0.381 e. The molecule has 0 spiro atoms. The average molecular weight is 322 g/mol. The normalized spacial score (nSPS) is 18.9. The van der Waals surface area contributed by atoms with Crippen LogP contribution in [0.15, 0.2) is 23.1 Å². The van der Waals surface area contributed by atoms with E-state index >= 15 is 0 Å².